The van der Waals surface area contributed by atoms with Gasteiger partial charge in [0.1, 0.15) is 10.7 Å². The molecule has 1 atom stereocenters. The van der Waals surface area contributed by atoms with Crippen molar-refractivity contribution in [1.82, 2.24) is 4.90 Å². The van der Waals surface area contributed by atoms with Crippen LogP contribution in [-0.2, 0) is 0 Å². The van der Waals surface area contributed by atoms with Crippen molar-refractivity contribution in [2.75, 3.05) is 24.8 Å². The fourth-order valence-electron chi connectivity index (χ4n) is 2.27. The predicted molar refractivity (Wildman–Crippen MR) is 90.7 cm³/mol. The molecule has 2 aromatic rings. The average molecular weight is 326 g/mol. The third-order valence-electron chi connectivity index (χ3n) is 3.58. The number of carbonyl (C=O) groups excluding carboxylic acids is 1. The van der Waals surface area contributed by atoms with E-state index >= 15 is 0 Å². The van der Waals surface area contributed by atoms with Crippen LogP contribution < -0.4 is 5.73 Å². The number of nitrogens with two attached hydrogens (primary N) is 1. The fraction of sp³-hybridized carbons (Fsp3) is 0.400. The van der Waals surface area contributed by atoms with E-state index in [1.165, 1.54) is 23.5 Å². The van der Waals surface area contributed by atoms with Gasteiger partial charge in [-0.2, -0.15) is 11.8 Å². The van der Waals surface area contributed by atoms with Crippen LogP contribution in [0.1, 0.15) is 23.0 Å². The predicted octanol–water partition coefficient (Wildman–Crippen LogP) is 3.84. The summed E-state index contributed by atoms with van der Waals surface area (Å²) in [5.41, 5.74) is 6.43. The molecule has 0 fully saturated rings. The molecule has 2 N–H and O–H groups in total. The number of nitrogens with zero attached hydrogens (tertiary/aromatic N) is 1. The van der Waals surface area contributed by atoms with Crippen molar-refractivity contribution in [3.63, 3.8) is 0 Å². The smallest absolute Gasteiger partial charge is 0.266 e. The lowest BCUT2D eigenvalue weighted by Gasteiger charge is -2.26. The Bertz CT molecular complexity index is 656. The summed E-state index contributed by atoms with van der Waals surface area (Å²) in [4.78, 5) is 14.9. The van der Waals surface area contributed by atoms with Gasteiger partial charge < -0.3 is 10.6 Å². The van der Waals surface area contributed by atoms with Gasteiger partial charge in [-0.15, -0.1) is 11.3 Å². The molecule has 1 amide bonds. The second-order valence-corrected chi connectivity index (χ2v) is 6.88. The molecule has 0 aliphatic rings. The summed E-state index contributed by atoms with van der Waals surface area (Å²) in [7, 11) is 1.80. The summed E-state index contributed by atoms with van der Waals surface area (Å²) in [5, 5.41) is 0.620. The first-order valence-electron chi connectivity index (χ1n) is 6.73. The number of fused-ring (bicyclic) bond motifs is 1. The summed E-state index contributed by atoms with van der Waals surface area (Å²) < 4.78 is 14.2. The van der Waals surface area contributed by atoms with E-state index < -0.39 is 0 Å². The van der Waals surface area contributed by atoms with E-state index in [-0.39, 0.29) is 17.8 Å². The summed E-state index contributed by atoms with van der Waals surface area (Å²) in [6, 6.07) is 4.62. The second kappa shape index (κ2) is 6.66. The number of thiophene rings is 1. The van der Waals surface area contributed by atoms with Crippen molar-refractivity contribution in [1.29, 1.82) is 0 Å². The first-order valence-corrected chi connectivity index (χ1v) is 8.94. The number of carbonyl (C=O) groups is 1. The van der Waals surface area contributed by atoms with E-state index in [0.717, 1.165) is 16.9 Å². The second-order valence-electron chi connectivity index (χ2n) is 4.92. The molecular weight excluding hydrogens is 307 g/mol. The van der Waals surface area contributed by atoms with Gasteiger partial charge >= 0.3 is 0 Å². The van der Waals surface area contributed by atoms with Crippen LogP contribution in [0.5, 0.6) is 0 Å². The van der Waals surface area contributed by atoms with Crippen LogP contribution >= 0.6 is 23.1 Å². The molecule has 1 aromatic heterocycles. The van der Waals surface area contributed by atoms with Crippen LogP contribution in [0, 0.1) is 5.82 Å². The van der Waals surface area contributed by atoms with E-state index in [9.17, 15) is 9.18 Å². The van der Waals surface area contributed by atoms with Crippen molar-refractivity contribution >= 4 is 44.8 Å². The van der Waals surface area contributed by atoms with Gasteiger partial charge in [0.25, 0.3) is 5.91 Å². The molecule has 21 heavy (non-hydrogen) atoms. The number of halogens is 1. The van der Waals surface area contributed by atoms with E-state index in [0.29, 0.717) is 16.0 Å². The maximum atomic E-state index is 13.3. The molecule has 0 radical (unpaired) electrons. The molecule has 3 nitrogen and oxygen atoms in total. The molecule has 0 bridgehead atoms. The molecule has 1 aromatic carbocycles. The number of hydrogen-bond donors (Lipinski definition) is 1. The van der Waals surface area contributed by atoms with Crippen molar-refractivity contribution < 1.29 is 9.18 Å². The molecule has 0 aliphatic heterocycles. The van der Waals surface area contributed by atoms with E-state index in [4.69, 9.17) is 5.73 Å². The molecule has 1 unspecified atom stereocenters. The number of anilines is 1. The molecule has 0 spiro atoms. The van der Waals surface area contributed by atoms with Crippen molar-refractivity contribution in [3.8, 4) is 0 Å². The molecule has 2 rings (SSSR count). The number of benzene rings is 1. The van der Waals surface area contributed by atoms with Gasteiger partial charge in [0.2, 0.25) is 0 Å². The summed E-state index contributed by atoms with van der Waals surface area (Å²) in [6.45, 7) is 2.06. The van der Waals surface area contributed by atoms with Gasteiger partial charge in [-0.25, -0.2) is 4.39 Å². The van der Waals surface area contributed by atoms with Gasteiger partial charge in [-0.05, 0) is 30.9 Å². The highest BCUT2D eigenvalue weighted by molar-refractivity contribution is 7.98. The molecule has 0 saturated heterocycles. The van der Waals surface area contributed by atoms with Gasteiger partial charge in [0.15, 0.2) is 0 Å². The van der Waals surface area contributed by atoms with Crippen molar-refractivity contribution in [2.24, 2.45) is 0 Å². The molecule has 114 valence electrons. The van der Waals surface area contributed by atoms with E-state index in [1.54, 1.807) is 29.8 Å². The molecule has 0 aliphatic carbocycles. The molecular formula is C15H19FN2OS2. The van der Waals surface area contributed by atoms with Crippen molar-refractivity contribution in [2.45, 2.75) is 19.4 Å². The van der Waals surface area contributed by atoms with Gasteiger partial charge in [0, 0.05) is 28.9 Å². The summed E-state index contributed by atoms with van der Waals surface area (Å²) in [5.74, 6) is 0.459. The van der Waals surface area contributed by atoms with Gasteiger partial charge in [-0.1, -0.05) is 6.92 Å². The Kier molecular flexibility index (Phi) is 5.11. The van der Waals surface area contributed by atoms with Crippen LogP contribution in [0.15, 0.2) is 18.2 Å². The third-order valence-corrected chi connectivity index (χ3v) is 5.47. The van der Waals surface area contributed by atoms with Gasteiger partial charge in [0.05, 0.1) is 5.69 Å². The van der Waals surface area contributed by atoms with E-state index in [1.807, 2.05) is 6.26 Å². The highest BCUT2D eigenvalue weighted by Gasteiger charge is 2.24. The Hall–Kier alpha value is -1.27. The number of rotatable bonds is 5. The van der Waals surface area contributed by atoms with Crippen LogP contribution in [0.25, 0.3) is 10.1 Å². The first kappa shape index (κ1) is 16.1. The largest absolute Gasteiger partial charge is 0.397 e. The quantitative estimate of drug-likeness (QED) is 0.908. The van der Waals surface area contributed by atoms with E-state index in [2.05, 4.69) is 6.92 Å². The van der Waals surface area contributed by atoms with Gasteiger partial charge in [-0.3, -0.25) is 4.79 Å². The number of hydrogen-bond acceptors (Lipinski definition) is 4. The lowest BCUT2D eigenvalue weighted by Crippen LogP contribution is -2.38. The Morgan fingerprint density at radius 1 is 1.52 bits per heavy atom. The minimum absolute atomic E-state index is 0.0880. The Labute approximate surface area is 132 Å². The third kappa shape index (κ3) is 3.16. The highest BCUT2D eigenvalue weighted by Crippen LogP contribution is 2.35. The monoisotopic (exact) mass is 326 g/mol. The zero-order valence-electron chi connectivity index (χ0n) is 12.4. The minimum Gasteiger partial charge on any atom is -0.397 e. The maximum absolute atomic E-state index is 13.3. The standard InChI is InChI=1S/C15H19FN2OS2/c1-4-10(8-20-3)18(2)15(19)14-13(17)11-7-9(16)5-6-12(11)21-14/h5-7,10H,4,8,17H2,1-3H3. The number of thioether (sulfide) groups is 1. The minimum atomic E-state index is -0.340. The van der Waals surface area contributed by atoms with Crippen molar-refractivity contribution in [3.05, 3.63) is 28.9 Å². The van der Waals surface area contributed by atoms with Crippen LogP contribution in [0.3, 0.4) is 0 Å². The SMILES string of the molecule is CCC(CSC)N(C)C(=O)c1sc2ccc(F)cc2c1N. The number of amides is 1. The zero-order chi connectivity index (χ0) is 15.6. The Morgan fingerprint density at radius 2 is 2.24 bits per heavy atom. The average Bonchev–Trinajstić information content (AvgIpc) is 2.80. The summed E-state index contributed by atoms with van der Waals surface area (Å²) in [6.07, 6.45) is 2.92. The molecule has 6 heteroatoms. The lowest BCUT2D eigenvalue weighted by atomic mass is 10.2. The Balaban J connectivity index is 2.37. The highest BCUT2D eigenvalue weighted by atomic mass is 32.2. The van der Waals surface area contributed by atoms with Crippen LogP contribution in [0.4, 0.5) is 10.1 Å². The molecule has 1 heterocycles. The van der Waals surface area contributed by atoms with Crippen LogP contribution in [-0.4, -0.2) is 35.9 Å². The zero-order valence-corrected chi connectivity index (χ0v) is 14.0. The first-order chi connectivity index (χ1) is 9.99. The molecule has 0 saturated carbocycles. The van der Waals surface area contributed by atoms with Crippen LogP contribution in [0.2, 0.25) is 0 Å². The normalized spacial score (nSPS) is 12.6. The lowest BCUT2D eigenvalue weighted by molar-refractivity contribution is 0.0749. The number of nitrogen functional groups attached to an aromatic ring is 1. The maximum Gasteiger partial charge on any atom is 0.266 e. The fourth-order valence-corrected chi connectivity index (χ4v) is 4.20. The topological polar surface area (TPSA) is 46.3 Å². The summed E-state index contributed by atoms with van der Waals surface area (Å²) >= 11 is 3.04. The Morgan fingerprint density at radius 3 is 2.86 bits per heavy atom.